The van der Waals surface area contributed by atoms with Crippen molar-refractivity contribution in [1.82, 2.24) is 0 Å². The van der Waals surface area contributed by atoms with E-state index >= 15 is 0 Å². The van der Waals surface area contributed by atoms with Crippen molar-refractivity contribution in [2.24, 2.45) is 5.41 Å². The van der Waals surface area contributed by atoms with E-state index < -0.39 is 5.97 Å². The van der Waals surface area contributed by atoms with Crippen LogP contribution in [0.1, 0.15) is 50.5 Å². The summed E-state index contributed by atoms with van der Waals surface area (Å²) in [7, 11) is 0. The highest BCUT2D eigenvalue weighted by atomic mass is 16.5. The molecule has 1 atom stereocenters. The molecule has 0 amide bonds. The number of hydrogen-bond acceptors (Lipinski definition) is 2. The van der Waals surface area contributed by atoms with Gasteiger partial charge in [-0.25, -0.2) is 4.79 Å². The summed E-state index contributed by atoms with van der Waals surface area (Å²) in [6.07, 6.45) is 0.0454. The average molecular weight is 248 g/mol. The topological polar surface area (TPSA) is 46.5 Å². The summed E-state index contributed by atoms with van der Waals surface area (Å²) in [5.41, 5.74) is 1.13. The van der Waals surface area contributed by atoms with Crippen molar-refractivity contribution >= 4 is 5.97 Å². The van der Waals surface area contributed by atoms with E-state index in [1.165, 1.54) is 0 Å². The Bertz CT molecular complexity index is 495. The lowest BCUT2D eigenvalue weighted by Crippen LogP contribution is -2.42. The zero-order valence-corrected chi connectivity index (χ0v) is 11.6. The van der Waals surface area contributed by atoms with Gasteiger partial charge < -0.3 is 9.84 Å². The molecule has 0 aliphatic carbocycles. The van der Waals surface area contributed by atoms with Gasteiger partial charge in [0.15, 0.2) is 0 Å². The zero-order valence-electron chi connectivity index (χ0n) is 11.6. The van der Waals surface area contributed by atoms with E-state index in [2.05, 4.69) is 34.6 Å². The number of carboxylic acid groups (broad SMARTS) is 1. The smallest absolute Gasteiger partial charge is 0.335 e. The molecule has 3 heteroatoms. The van der Waals surface area contributed by atoms with Gasteiger partial charge in [0, 0.05) is 11.0 Å². The number of carboxylic acids is 1. The normalized spacial score (nSPS) is 21.3. The van der Waals surface area contributed by atoms with Gasteiger partial charge in [0.05, 0.1) is 5.56 Å². The number of rotatable bonds is 1. The predicted octanol–water partition coefficient (Wildman–Crippen LogP) is 3.47. The molecular weight excluding hydrogens is 228 g/mol. The predicted molar refractivity (Wildman–Crippen MR) is 70.3 cm³/mol. The molecular formula is C15H20O3. The quantitative estimate of drug-likeness (QED) is 0.827. The Balaban J connectivity index is 2.51. The Morgan fingerprint density at radius 3 is 2.44 bits per heavy atom. The third-order valence-corrected chi connectivity index (χ3v) is 3.61. The highest BCUT2D eigenvalue weighted by Crippen LogP contribution is 2.48. The molecule has 1 aromatic rings. The molecule has 0 radical (unpaired) electrons. The third kappa shape index (κ3) is 1.88. The summed E-state index contributed by atoms with van der Waals surface area (Å²) in [5.74, 6) is -0.0854. The maximum absolute atomic E-state index is 11.0. The maximum Gasteiger partial charge on any atom is 0.335 e. The summed E-state index contributed by atoms with van der Waals surface area (Å²) in [6, 6.07) is 5.11. The Kier molecular flexibility index (Phi) is 2.69. The van der Waals surface area contributed by atoms with E-state index in [-0.39, 0.29) is 16.9 Å². The number of carbonyl (C=O) groups is 1. The van der Waals surface area contributed by atoms with E-state index in [9.17, 15) is 4.79 Å². The van der Waals surface area contributed by atoms with Gasteiger partial charge >= 0.3 is 5.97 Å². The van der Waals surface area contributed by atoms with Crippen LogP contribution in [0.3, 0.4) is 0 Å². The Hall–Kier alpha value is -1.51. The number of benzene rings is 1. The van der Waals surface area contributed by atoms with Crippen LogP contribution < -0.4 is 4.74 Å². The van der Waals surface area contributed by atoms with Gasteiger partial charge in [0.1, 0.15) is 11.9 Å². The van der Waals surface area contributed by atoms with Gasteiger partial charge in [0.2, 0.25) is 0 Å². The van der Waals surface area contributed by atoms with Gasteiger partial charge in [-0.1, -0.05) is 34.6 Å². The van der Waals surface area contributed by atoms with E-state index in [4.69, 9.17) is 9.84 Å². The second kappa shape index (κ2) is 3.74. The molecule has 0 aromatic heterocycles. The van der Waals surface area contributed by atoms with Crippen LogP contribution in [0.25, 0.3) is 0 Å². The molecule has 0 saturated heterocycles. The molecule has 1 aliphatic heterocycles. The number of fused-ring (bicyclic) bond motifs is 1. The van der Waals surface area contributed by atoms with Gasteiger partial charge in [-0.2, -0.15) is 0 Å². The molecule has 1 aliphatic rings. The molecule has 1 heterocycles. The van der Waals surface area contributed by atoms with Crippen molar-refractivity contribution in [3.63, 3.8) is 0 Å². The lowest BCUT2D eigenvalue weighted by molar-refractivity contribution is 0.0562. The van der Waals surface area contributed by atoms with Crippen LogP contribution in [0.4, 0.5) is 0 Å². The van der Waals surface area contributed by atoms with Crippen LogP contribution >= 0.6 is 0 Å². The fraction of sp³-hybridized carbons (Fsp3) is 0.533. The van der Waals surface area contributed by atoms with Crippen molar-refractivity contribution in [2.45, 2.75) is 46.1 Å². The highest BCUT2D eigenvalue weighted by Gasteiger charge is 2.47. The first-order valence-electron chi connectivity index (χ1n) is 6.18. The molecule has 1 aromatic carbocycles. The zero-order chi connectivity index (χ0) is 13.7. The van der Waals surface area contributed by atoms with Crippen LogP contribution in [0.2, 0.25) is 0 Å². The number of aromatic carboxylic acids is 1. The summed E-state index contributed by atoms with van der Waals surface area (Å²) < 4.78 is 6.03. The minimum absolute atomic E-state index is 0.00586. The highest BCUT2D eigenvalue weighted by molar-refractivity contribution is 5.88. The second-order valence-electron chi connectivity index (χ2n) is 6.60. The van der Waals surface area contributed by atoms with E-state index in [0.717, 1.165) is 11.3 Å². The molecule has 18 heavy (non-hydrogen) atoms. The molecule has 0 spiro atoms. The lowest BCUT2D eigenvalue weighted by Gasteiger charge is -2.36. The van der Waals surface area contributed by atoms with Crippen LogP contribution in [0.15, 0.2) is 18.2 Å². The van der Waals surface area contributed by atoms with Gasteiger partial charge in [0.25, 0.3) is 0 Å². The van der Waals surface area contributed by atoms with Crippen molar-refractivity contribution in [3.05, 3.63) is 29.3 Å². The first-order chi connectivity index (χ1) is 8.14. The minimum atomic E-state index is -0.896. The molecule has 0 bridgehead atoms. The van der Waals surface area contributed by atoms with E-state index in [1.54, 1.807) is 18.2 Å². The van der Waals surface area contributed by atoms with Crippen molar-refractivity contribution < 1.29 is 14.6 Å². The first-order valence-corrected chi connectivity index (χ1v) is 6.18. The van der Waals surface area contributed by atoms with Gasteiger partial charge in [-0.15, -0.1) is 0 Å². The largest absolute Gasteiger partial charge is 0.489 e. The SMILES string of the molecule is CC(C)(C)C1Oc2ccc(C(=O)O)cc2C1(C)C. The van der Waals surface area contributed by atoms with E-state index in [0.29, 0.717) is 5.56 Å². The van der Waals surface area contributed by atoms with Gasteiger partial charge in [-0.3, -0.25) is 0 Å². The molecule has 2 rings (SSSR count). The van der Waals surface area contributed by atoms with Crippen LogP contribution in [-0.2, 0) is 5.41 Å². The number of ether oxygens (including phenoxy) is 1. The number of hydrogen-bond donors (Lipinski definition) is 1. The van der Waals surface area contributed by atoms with Crippen molar-refractivity contribution in [3.8, 4) is 5.75 Å². The monoisotopic (exact) mass is 248 g/mol. The summed E-state index contributed by atoms with van der Waals surface area (Å²) >= 11 is 0. The standard InChI is InChI=1S/C15H20O3/c1-14(2,3)13-15(4,5)10-8-9(12(16)17)6-7-11(10)18-13/h6-8,13H,1-5H3,(H,16,17). The van der Waals surface area contributed by atoms with Crippen molar-refractivity contribution in [2.75, 3.05) is 0 Å². The summed E-state index contributed by atoms with van der Waals surface area (Å²) in [5, 5.41) is 9.07. The third-order valence-electron chi connectivity index (χ3n) is 3.61. The molecule has 3 nitrogen and oxygen atoms in total. The fourth-order valence-corrected chi connectivity index (χ4v) is 2.94. The molecule has 0 fully saturated rings. The average Bonchev–Trinajstić information content (AvgIpc) is 2.50. The van der Waals surface area contributed by atoms with E-state index in [1.807, 2.05) is 0 Å². The molecule has 1 unspecified atom stereocenters. The first kappa shape index (κ1) is 12.9. The van der Waals surface area contributed by atoms with Crippen molar-refractivity contribution in [1.29, 1.82) is 0 Å². The Labute approximate surface area is 108 Å². The van der Waals surface area contributed by atoms with Gasteiger partial charge in [-0.05, 0) is 23.6 Å². The Morgan fingerprint density at radius 1 is 1.33 bits per heavy atom. The van der Waals surface area contributed by atoms with Crippen LogP contribution in [0, 0.1) is 5.41 Å². The van der Waals surface area contributed by atoms with Crippen LogP contribution in [0.5, 0.6) is 5.75 Å². The minimum Gasteiger partial charge on any atom is -0.489 e. The second-order valence-corrected chi connectivity index (χ2v) is 6.60. The molecule has 98 valence electrons. The fourth-order valence-electron chi connectivity index (χ4n) is 2.94. The molecule has 1 N–H and O–H groups in total. The molecule has 0 saturated carbocycles. The maximum atomic E-state index is 11.0. The lowest BCUT2D eigenvalue weighted by atomic mass is 9.71. The summed E-state index contributed by atoms with van der Waals surface area (Å²) in [6.45, 7) is 10.6. The Morgan fingerprint density at radius 2 is 1.94 bits per heavy atom. The van der Waals surface area contributed by atoms with Crippen LogP contribution in [-0.4, -0.2) is 17.2 Å². The summed E-state index contributed by atoms with van der Waals surface area (Å²) in [4.78, 5) is 11.0.